The van der Waals surface area contributed by atoms with E-state index in [0.29, 0.717) is 20.5 Å². The lowest BCUT2D eigenvalue weighted by atomic mass is 10.2. The second kappa shape index (κ2) is 9.50. The molecule has 2 amide bonds. The molecule has 1 fully saturated rings. The molecule has 162 valence electrons. The molecule has 8 nitrogen and oxygen atoms in total. The molecule has 31 heavy (non-hydrogen) atoms. The molecule has 0 spiro atoms. The van der Waals surface area contributed by atoms with E-state index in [0.717, 1.165) is 11.8 Å². The van der Waals surface area contributed by atoms with Gasteiger partial charge in [-0.2, -0.15) is 8.42 Å². The Hall–Kier alpha value is -2.89. The predicted octanol–water partition coefficient (Wildman–Crippen LogP) is 3.30. The Kier molecular flexibility index (Phi) is 6.98. The van der Waals surface area contributed by atoms with Gasteiger partial charge in [0.15, 0.2) is 11.5 Å². The minimum Gasteiger partial charge on any atom is -0.490 e. The SMILES string of the molecule is CCOc1cc(C=C2SC(=S)NC2=O)ccc1OS(=O)(=O)c1ccc(NC(C)=O)cc1. The number of hydrogen-bond acceptors (Lipinski definition) is 8. The van der Waals surface area contributed by atoms with Crippen LogP contribution in [0.2, 0.25) is 0 Å². The van der Waals surface area contributed by atoms with E-state index < -0.39 is 10.1 Å². The highest BCUT2D eigenvalue weighted by molar-refractivity contribution is 8.26. The average Bonchev–Trinajstić information content (AvgIpc) is 3.00. The van der Waals surface area contributed by atoms with Gasteiger partial charge in [-0.25, -0.2) is 0 Å². The van der Waals surface area contributed by atoms with Crippen LogP contribution in [0.25, 0.3) is 6.08 Å². The molecular formula is C20H18N2O6S3. The number of thioether (sulfide) groups is 1. The van der Waals surface area contributed by atoms with Crippen LogP contribution >= 0.6 is 24.0 Å². The number of hydrogen-bond donors (Lipinski definition) is 2. The van der Waals surface area contributed by atoms with Gasteiger partial charge in [-0.3, -0.25) is 9.59 Å². The molecule has 3 rings (SSSR count). The van der Waals surface area contributed by atoms with Crippen molar-refractivity contribution < 1.29 is 26.9 Å². The lowest BCUT2D eigenvalue weighted by Gasteiger charge is -2.13. The second-order valence-electron chi connectivity index (χ2n) is 6.23. The zero-order chi connectivity index (χ0) is 22.6. The van der Waals surface area contributed by atoms with Gasteiger partial charge in [-0.05, 0) is 55.0 Å². The van der Waals surface area contributed by atoms with Gasteiger partial charge in [0, 0.05) is 12.6 Å². The third-order valence-corrected chi connectivity index (χ3v) is 6.28. The van der Waals surface area contributed by atoms with Crippen LogP contribution in [-0.2, 0) is 19.7 Å². The summed E-state index contributed by atoms with van der Waals surface area (Å²) in [6.45, 7) is 3.39. The van der Waals surface area contributed by atoms with Crippen molar-refractivity contribution in [1.82, 2.24) is 5.32 Å². The van der Waals surface area contributed by atoms with Crippen LogP contribution < -0.4 is 19.6 Å². The highest BCUT2D eigenvalue weighted by Crippen LogP contribution is 2.33. The van der Waals surface area contributed by atoms with E-state index in [1.54, 1.807) is 25.1 Å². The Morgan fingerprint density at radius 1 is 1.19 bits per heavy atom. The zero-order valence-corrected chi connectivity index (χ0v) is 18.9. The summed E-state index contributed by atoms with van der Waals surface area (Å²) < 4.78 is 36.6. The van der Waals surface area contributed by atoms with Crippen molar-refractivity contribution in [2.45, 2.75) is 18.7 Å². The van der Waals surface area contributed by atoms with E-state index in [1.165, 1.54) is 37.3 Å². The van der Waals surface area contributed by atoms with E-state index >= 15 is 0 Å². The monoisotopic (exact) mass is 478 g/mol. The molecule has 1 heterocycles. The van der Waals surface area contributed by atoms with Crippen molar-refractivity contribution in [3.63, 3.8) is 0 Å². The molecule has 0 aromatic heterocycles. The van der Waals surface area contributed by atoms with Gasteiger partial charge in [-0.1, -0.05) is 30.0 Å². The number of ether oxygens (including phenoxy) is 1. The standard InChI is InChI=1S/C20H18N2O6S3/c1-3-27-17-10-13(11-18-19(24)22-20(29)30-18)4-9-16(17)28-31(25,26)15-7-5-14(6-8-15)21-12(2)23/h4-11H,3H2,1-2H3,(H,21,23)(H,22,24,29). The van der Waals surface area contributed by atoms with E-state index in [9.17, 15) is 18.0 Å². The van der Waals surface area contributed by atoms with Crippen molar-refractivity contribution in [2.75, 3.05) is 11.9 Å². The number of rotatable bonds is 7. The van der Waals surface area contributed by atoms with Gasteiger partial charge in [0.05, 0.1) is 11.5 Å². The van der Waals surface area contributed by atoms with Crippen LogP contribution in [0, 0.1) is 0 Å². The molecule has 0 radical (unpaired) electrons. The maximum Gasteiger partial charge on any atom is 0.339 e. The van der Waals surface area contributed by atoms with E-state index in [-0.39, 0.29) is 34.8 Å². The number of amides is 2. The lowest BCUT2D eigenvalue weighted by molar-refractivity contribution is -0.115. The number of benzene rings is 2. The van der Waals surface area contributed by atoms with Gasteiger partial charge in [-0.15, -0.1) is 0 Å². The minimum atomic E-state index is -4.14. The van der Waals surface area contributed by atoms with Crippen molar-refractivity contribution in [3.05, 3.63) is 52.9 Å². The van der Waals surface area contributed by atoms with Crippen LogP contribution in [-0.4, -0.2) is 31.2 Å². The Morgan fingerprint density at radius 2 is 1.90 bits per heavy atom. The molecule has 0 saturated carbocycles. The topological polar surface area (TPSA) is 111 Å². The maximum absolute atomic E-state index is 12.7. The van der Waals surface area contributed by atoms with Crippen LogP contribution in [0.1, 0.15) is 19.4 Å². The summed E-state index contributed by atoms with van der Waals surface area (Å²) in [6.07, 6.45) is 1.63. The van der Waals surface area contributed by atoms with Crippen LogP contribution in [0.5, 0.6) is 11.5 Å². The quantitative estimate of drug-likeness (QED) is 0.354. The summed E-state index contributed by atoms with van der Waals surface area (Å²) in [5, 5.41) is 5.09. The van der Waals surface area contributed by atoms with Crippen molar-refractivity contribution >= 4 is 62.0 Å². The first kappa shape index (κ1) is 22.8. The molecule has 1 aliphatic heterocycles. The Morgan fingerprint density at radius 3 is 2.48 bits per heavy atom. The van der Waals surface area contributed by atoms with Crippen LogP contribution in [0.3, 0.4) is 0 Å². The molecular weight excluding hydrogens is 460 g/mol. The Labute approximate surface area is 189 Å². The molecule has 0 bridgehead atoms. The molecule has 1 saturated heterocycles. The summed E-state index contributed by atoms with van der Waals surface area (Å²) in [6, 6.07) is 10.2. The Balaban J connectivity index is 1.86. The van der Waals surface area contributed by atoms with Gasteiger partial charge < -0.3 is 19.6 Å². The van der Waals surface area contributed by atoms with Crippen molar-refractivity contribution in [3.8, 4) is 11.5 Å². The number of carbonyl (C=O) groups excluding carboxylic acids is 2. The summed E-state index contributed by atoms with van der Waals surface area (Å²) in [5.74, 6) is -0.340. The molecule has 2 aromatic rings. The van der Waals surface area contributed by atoms with Gasteiger partial charge in [0.25, 0.3) is 5.91 Å². The Bertz CT molecular complexity index is 1170. The fourth-order valence-electron chi connectivity index (χ4n) is 2.60. The first-order valence-electron chi connectivity index (χ1n) is 9.02. The summed E-state index contributed by atoms with van der Waals surface area (Å²) >= 11 is 6.11. The molecule has 0 atom stereocenters. The smallest absolute Gasteiger partial charge is 0.339 e. The van der Waals surface area contributed by atoms with Gasteiger partial charge >= 0.3 is 10.1 Å². The molecule has 11 heteroatoms. The number of nitrogens with one attached hydrogen (secondary N) is 2. The van der Waals surface area contributed by atoms with Crippen molar-refractivity contribution in [1.29, 1.82) is 0 Å². The summed E-state index contributed by atoms with van der Waals surface area (Å²) in [4.78, 5) is 23.3. The van der Waals surface area contributed by atoms with E-state index in [2.05, 4.69) is 10.6 Å². The predicted molar refractivity (Wildman–Crippen MR) is 122 cm³/mol. The minimum absolute atomic E-state index is 0.00832. The largest absolute Gasteiger partial charge is 0.490 e. The van der Waals surface area contributed by atoms with Gasteiger partial charge in [0.2, 0.25) is 5.91 Å². The molecule has 0 aliphatic carbocycles. The number of anilines is 1. The summed E-state index contributed by atoms with van der Waals surface area (Å²) in [7, 11) is -4.14. The molecule has 0 unspecified atom stereocenters. The lowest BCUT2D eigenvalue weighted by Crippen LogP contribution is -2.17. The first-order chi connectivity index (χ1) is 14.7. The average molecular weight is 479 g/mol. The van der Waals surface area contributed by atoms with E-state index in [4.69, 9.17) is 21.1 Å². The first-order valence-corrected chi connectivity index (χ1v) is 11.6. The maximum atomic E-state index is 12.7. The molecule has 2 N–H and O–H groups in total. The highest BCUT2D eigenvalue weighted by atomic mass is 32.2. The van der Waals surface area contributed by atoms with Crippen LogP contribution in [0.15, 0.2) is 52.3 Å². The number of carbonyl (C=O) groups is 2. The third kappa shape index (κ3) is 5.84. The van der Waals surface area contributed by atoms with Gasteiger partial charge in [0.1, 0.15) is 9.22 Å². The fourth-order valence-corrected chi connectivity index (χ4v) is 4.58. The van der Waals surface area contributed by atoms with E-state index in [1.807, 2.05) is 0 Å². The third-order valence-electron chi connectivity index (χ3n) is 3.87. The molecule has 2 aromatic carbocycles. The number of thiocarbonyl (C=S) groups is 1. The zero-order valence-electron chi connectivity index (χ0n) is 16.5. The summed E-state index contributed by atoms with van der Waals surface area (Å²) in [5.41, 5.74) is 1.09. The highest BCUT2D eigenvalue weighted by Gasteiger charge is 2.23. The normalized spacial score (nSPS) is 15.0. The molecule has 1 aliphatic rings. The van der Waals surface area contributed by atoms with Crippen molar-refractivity contribution in [2.24, 2.45) is 0 Å². The van der Waals surface area contributed by atoms with Crippen LogP contribution in [0.4, 0.5) is 5.69 Å². The fraction of sp³-hybridized carbons (Fsp3) is 0.150. The second-order valence-corrected chi connectivity index (χ2v) is 9.50.